The summed E-state index contributed by atoms with van der Waals surface area (Å²) in [7, 11) is 0. The number of hydrogen-bond donors (Lipinski definition) is 0. The highest BCUT2D eigenvalue weighted by atomic mass is 16.3. The van der Waals surface area contributed by atoms with Crippen LogP contribution in [-0.4, -0.2) is 15.0 Å². The van der Waals surface area contributed by atoms with E-state index in [1.165, 1.54) is 0 Å². The maximum absolute atomic E-state index is 5.22. The van der Waals surface area contributed by atoms with Gasteiger partial charge in [0.25, 0.3) is 0 Å². The maximum Gasteiger partial charge on any atom is 0.197 e. The Morgan fingerprint density at radius 1 is 1.07 bits per heavy atom. The standard InChI is InChI=1S/C11H7N3O/c1-3-8-7-13-11(9-4-2-6-15-9)14-10(8)12-5-1/h1-7H. The van der Waals surface area contributed by atoms with Crippen molar-refractivity contribution in [3.05, 3.63) is 42.9 Å². The van der Waals surface area contributed by atoms with Gasteiger partial charge in [0.1, 0.15) is 0 Å². The van der Waals surface area contributed by atoms with E-state index in [2.05, 4.69) is 15.0 Å². The average Bonchev–Trinajstić information content (AvgIpc) is 2.82. The number of nitrogens with zero attached hydrogens (tertiary/aromatic N) is 3. The summed E-state index contributed by atoms with van der Waals surface area (Å²) in [6.07, 6.45) is 5.05. The fraction of sp³-hybridized carbons (Fsp3) is 0. The number of hydrogen-bond acceptors (Lipinski definition) is 4. The molecule has 0 N–H and O–H groups in total. The molecule has 0 aliphatic carbocycles. The number of rotatable bonds is 1. The lowest BCUT2D eigenvalue weighted by molar-refractivity contribution is 0.577. The lowest BCUT2D eigenvalue weighted by atomic mass is 10.3. The fourth-order valence-corrected chi connectivity index (χ4v) is 1.39. The van der Waals surface area contributed by atoms with Gasteiger partial charge < -0.3 is 4.42 Å². The molecule has 4 heteroatoms. The topological polar surface area (TPSA) is 51.8 Å². The first kappa shape index (κ1) is 8.11. The van der Waals surface area contributed by atoms with E-state index in [1.54, 1.807) is 24.7 Å². The van der Waals surface area contributed by atoms with Crippen molar-refractivity contribution in [2.75, 3.05) is 0 Å². The van der Waals surface area contributed by atoms with Gasteiger partial charge in [0.2, 0.25) is 0 Å². The van der Waals surface area contributed by atoms with E-state index in [4.69, 9.17) is 4.42 Å². The summed E-state index contributed by atoms with van der Waals surface area (Å²) in [5.41, 5.74) is 0.680. The lowest BCUT2D eigenvalue weighted by Crippen LogP contribution is -1.89. The molecule has 0 spiro atoms. The van der Waals surface area contributed by atoms with Gasteiger partial charge in [0.05, 0.1) is 6.26 Å². The first-order valence-electron chi connectivity index (χ1n) is 4.55. The van der Waals surface area contributed by atoms with Crippen LogP contribution in [0.2, 0.25) is 0 Å². The Morgan fingerprint density at radius 3 is 2.93 bits per heavy atom. The van der Waals surface area contributed by atoms with E-state index in [-0.39, 0.29) is 0 Å². The van der Waals surface area contributed by atoms with Gasteiger partial charge in [-0.05, 0) is 24.3 Å². The predicted molar refractivity (Wildman–Crippen MR) is 55.0 cm³/mol. The van der Waals surface area contributed by atoms with Gasteiger partial charge in [0.15, 0.2) is 17.2 Å². The Morgan fingerprint density at radius 2 is 2.07 bits per heavy atom. The third kappa shape index (κ3) is 1.36. The molecule has 0 unspecified atom stereocenters. The van der Waals surface area contributed by atoms with Crippen LogP contribution in [0.25, 0.3) is 22.6 Å². The van der Waals surface area contributed by atoms with Gasteiger partial charge >= 0.3 is 0 Å². The molecule has 72 valence electrons. The third-order valence-corrected chi connectivity index (χ3v) is 2.10. The van der Waals surface area contributed by atoms with Gasteiger partial charge in [-0.15, -0.1) is 0 Å². The lowest BCUT2D eigenvalue weighted by Gasteiger charge is -1.97. The second kappa shape index (κ2) is 3.16. The molecular weight excluding hydrogens is 190 g/mol. The first-order valence-corrected chi connectivity index (χ1v) is 4.55. The second-order valence-electron chi connectivity index (χ2n) is 3.09. The zero-order valence-electron chi connectivity index (χ0n) is 7.79. The van der Waals surface area contributed by atoms with Crippen molar-refractivity contribution in [2.24, 2.45) is 0 Å². The first-order chi connectivity index (χ1) is 7.43. The highest BCUT2D eigenvalue weighted by Crippen LogP contribution is 2.16. The average molecular weight is 197 g/mol. The van der Waals surface area contributed by atoms with Crippen molar-refractivity contribution >= 4 is 11.0 Å². The molecule has 0 bridgehead atoms. The fourth-order valence-electron chi connectivity index (χ4n) is 1.39. The molecule has 3 aromatic rings. The molecule has 4 nitrogen and oxygen atoms in total. The minimum absolute atomic E-state index is 0.561. The molecule has 0 saturated carbocycles. The molecule has 0 amide bonds. The monoisotopic (exact) mass is 197 g/mol. The van der Waals surface area contributed by atoms with Crippen molar-refractivity contribution in [2.45, 2.75) is 0 Å². The second-order valence-corrected chi connectivity index (χ2v) is 3.09. The van der Waals surface area contributed by atoms with Crippen LogP contribution in [0.5, 0.6) is 0 Å². The van der Waals surface area contributed by atoms with Crippen molar-refractivity contribution < 1.29 is 4.42 Å². The smallest absolute Gasteiger partial charge is 0.197 e. The van der Waals surface area contributed by atoms with Crippen LogP contribution in [0.1, 0.15) is 0 Å². The highest BCUT2D eigenvalue weighted by Gasteiger charge is 2.05. The summed E-state index contributed by atoms with van der Waals surface area (Å²) in [6.45, 7) is 0. The van der Waals surface area contributed by atoms with Crippen molar-refractivity contribution in [1.82, 2.24) is 15.0 Å². The van der Waals surface area contributed by atoms with Crippen molar-refractivity contribution in [3.8, 4) is 11.6 Å². The van der Waals surface area contributed by atoms with Crippen LogP contribution in [-0.2, 0) is 0 Å². The van der Waals surface area contributed by atoms with Crippen LogP contribution in [0.4, 0.5) is 0 Å². The number of furan rings is 1. The quantitative estimate of drug-likeness (QED) is 0.600. The molecule has 0 aromatic carbocycles. The Balaban J connectivity index is 2.22. The molecule has 0 aliphatic heterocycles. The van der Waals surface area contributed by atoms with E-state index in [0.29, 0.717) is 17.2 Å². The van der Waals surface area contributed by atoms with Crippen molar-refractivity contribution in [1.29, 1.82) is 0 Å². The van der Waals surface area contributed by atoms with Crippen LogP contribution in [0, 0.1) is 0 Å². The summed E-state index contributed by atoms with van der Waals surface area (Å²) < 4.78 is 5.22. The van der Waals surface area contributed by atoms with E-state index in [9.17, 15) is 0 Å². The van der Waals surface area contributed by atoms with Gasteiger partial charge in [-0.2, -0.15) is 0 Å². The number of aromatic nitrogens is 3. The molecule has 0 fully saturated rings. The molecule has 0 aliphatic rings. The maximum atomic E-state index is 5.22. The summed E-state index contributed by atoms with van der Waals surface area (Å²) in [5, 5.41) is 0.924. The van der Waals surface area contributed by atoms with Crippen LogP contribution in [0.15, 0.2) is 47.3 Å². The van der Waals surface area contributed by atoms with Crippen molar-refractivity contribution in [3.63, 3.8) is 0 Å². The summed E-state index contributed by atoms with van der Waals surface area (Å²) in [4.78, 5) is 12.7. The number of fused-ring (bicyclic) bond motifs is 1. The van der Waals surface area contributed by atoms with Crippen LogP contribution in [0.3, 0.4) is 0 Å². The Bertz CT molecular complexity index is 590. The molecule has 0 saturated heterocycles. The molecule has 3 rings (SSSR count). The molecule has 3 aromatic heterocycles. The van der Waals surface area contributed by atoms with E-state index in [0.717, 1.165) is 5.39 Å². The Kier molecular flexibility index (Phi) is 1.71. The van der Waals surface area contributed by atoms with Crippen LogP contribution < -0.4 is 0 Å². The van der Waals surface area contributed by atoms with E-state index in [1.807, 2.05) is 18.2 Å². The van der Waals surface area contributed by atoms with Gasteiger partial charge in [-0.3, -0.25) is 0 Å². The van der Waals surface area contributed by atoms with Gasteiger partial charge in [-0.1, -0.05) is 0 Å². The highest BCUT2D eigenvalue weighted by molar-refractivity contribution is 5.74. The summed E-state index contributed by atoms with van der Waals surface area (Å²) in [5.74, 6) is 1.22. The zero-order chi connectivity index (χ0) is 10.1. The minimum Gasteiger partial charge on any atom is -0.461 e. The summed E-state index contributed by atoms with van der Waals surface area (Å²) in [6, 6.07) is 7.41. The van der Waals surface area contributed by atoms with Crippen LogP contribution >= 0.6 is 0 Å². The minimum atomic E-state index is 0.561. The molecule has 0 radical (unpaired) electrons. The number of pyridine rings is 1. The predicted octanol–water partition coefficient (Wildman–Crippen LogP) is 2.28. The zero-order valence-corrected chi connectivity index (χ0v) is 7.79. The Labute approximate surface area is 85.6 Å². The molecule has 3 heterocycles. The normalized spacial score (nSPS) is 10.7. The van der Waals surface area contributed by atoms with E-state index < -0.39 is 0 Å². The van der Waals surface area contributed by atoms with Gasteiger partial charge in [0, 0.05) is 17.8 Å². The summed E-state index contributed by atoms with van der Waals surface area (Å²) >= 11 is 0. The van der Waals surface area contributed by atoms with Gasteiger partial charge in [-0.25, -0.2) is 15.0 Å². The molecule has 0 atom stereocenters. The van der Waals surface area contributed by atoms with E-state index >= 15 is 0 Å². The SMILES string of the molecule is c1coc(-c2ncc3cccnc3n2)c1. The third-order valence-electron chi connectivity index (χ3n) is 2.10. The molecule has 15 heavy (non-hydrogen) atoms. The Hall–Kier alpha value is -2.23. The largest absolute Gasteiger partial charge is 0.461 e. The molecular formula is C11H7N3O.